The molecule has 0 amide bonds. The Hall–Kier alpha value is -4.23. The Morgan fingerprint density at radius 2 is 1.77 bits per heavy atom. The van der Waals surface area contributed by atoms with Gasteiger partial charge in [0, 0.05) is 21.5 Å². The molecule has 1 aromatic heterocycles. The van der Waals surface area contributed by atoms with Gasteiger partial charge in [-0.05, 0) is 67.6 Å². The fraction of sp³-hybridized carbons (Fsp3) is 0.111. The maximum atomic E-state index is 13.0. The summed E-state index contributed by atoms with van der Waals surface area (Å²) in [6.45, 7) is 1.71. The van der Waals surface area contributed by atoms with Crippen molar-refractivity contribution in [2.75, 3.05) is 14.2 Å². The molecule has 0 spiro atoms. The molecule has 3 aromatic carbocycles. The maximum Gasteiger partial charge on any atom is 0.379 e. The lowest BCUT2D eigenvalue weighted by atomic mass is 10.1. The van der Waals surface area contributed by atoms with Crippen LogP contribution in [0.5, 0.6) is 23.0 Å². The van der Waals surface area contributed by atoms with E-state index in [-0.39, 0.29) is 23.1 Å². The van der Waals surface area contributed by atoms with E-state index in [9.17, 15) is 9.59 Å². The number of furan rings is 1. The number of carbonyl (C=O) groups excluding carboxylic acids is 2. The molecule has 0 saturated carbocycles. The highest BCUT2D eigenvalue weighted by Crippen LogP contribution is 2.40. The molecular formula is C27H19ClO7. The number of rotatable bonds is 5. The number of esters is 1. The van der Waals surface area contributed by atoms with E-state index in [2.05, 4.69) is 0 Å². The summed E-state index contributed by atoms with van der Waals surface area (Å²) >= 11 is 6.00. The van der Waals surface area contributed by atoms with Gasteiger partial charge >= 0.3 is 5.97 Å². The van der Waals surface area contributed by atoms with E-state index in [4.69, 9.17) is 35.0 Å². The van der Waals surface area contributed by atoms with Gasteiger partial charge in [0.15, 0.2) is 5.76 Å². The molecule has 0 unspecified atom stereocenters. The lowest BCUT2D eigenvalue weighted by Gasteiger charge is -2.09. The van der Waals surface area contributed by atoms with Crippen molar-refractivity contribution in [3.05, 3.63) is 87.8 Å². The van der Waals surface area contributed by atoms with Crippen molar-refractivity contribution in [1.82, 2.24) is 0 Å². The first-order valence-corrected chi connectivity index (χ1v) is 11.0. The molecule has 7 nitrogen and oxygen atoms in total. The summed E-state index contributed by atoms with van der Waals surface area (Å²) in [5, 5.41) is 1.22. The molecule has 8 heteroatoms. The van der Waals surface area contributed by atoms with Crippen molar-refractivity contribution in [3.8, 4) is 23.0 Å². The van der Waals surface area contributed by atoms with Crippen LogP contribution in [0, 0.1) is 6.92 Å². The smallest absolute Gasteiger partial charge is 0.379 e. The minimum absolute atomic E-state index is 0.0323. The van der Waals surface area contributed by atoms with E-state index < -0.39 is 5.97 Å². The fourth-order valence-corrected chi connectivity index (χ4v) is 4.02. The fourth-order valence-electron chi connectivity index (χ4n) is 3.84. The SMILES string of the molecule is COc1ccc(OC)c(/C=C2\Oc3c(ccc(OC(=O)c4cc5cc(Cl)ccc5o4)c3C)C2=O)c1. The van der Waals surface area contributed by atoms with Crippen molar-refractivity contribution < 1.29 is 33.0 Å². The molecule has 0 atom stereocenters. The lowest BCUT2D eigenvalue weighted by Crippen LogP contribution is -2.08. The molecule has 0 fully saturated rings. The number of Topliss-reactive ketones (excluding diaryl/α,β-unsaturated/α-hetero) is 1. The van der Waals surface area contributed by atoms with Crippen LogP contribution in [0.3, 0.4) is 0 Å². The molecule has 0 radical (unpaired) electrons. The second-order valence-corrected chi connectivity index (χ2v) is 8.23. The van der Waals surface area contributed by atoms with Gasteiger partial charge in [-0.1, -0.05) is 11.6 Å². The predicted octanol–water partition coefficient (Wildman–Crippen LogP) is 6.25. The average molecular weight is 491 g/mol. The monoisotopic (exact) mass is 490 g/mol. The zero-order valence-corrected chi connectivity index (χ0v) is 19.8. The number of allylic oxidation sites excluding steroid dienone is 1. The summed E-state index contributed by atoms with van der Waals surface area (Å²) in [7, 11) is 3.09. The van der Waals surface area contributed by atoms with Crippen LogP contribution in [-0.2, 0) is 0 Å². The van der Waals surface area contributed by atoms with Gasteiger partial charge in [-0.2, -0.15) is 0 Å². The maximum absolute atomic E-state index is 13.0. The van der Waals surface area contributed by atoms with Gasteiger partial charge in [-0.15, -0.1) is 0 Å². The van der Waals surface area contributed by atoms with Crippen LogP contribution < -0.4 is 18.9 Å². The predicted molar refractivity (Wildman–Crippen MR) is 130 cm³/mol. The van der Waals surface area contributed by atoms with E-state index >= 15 is 0 Å². The van der Waals surface area contributed by atoms with Gasteiger partial charge in [0.25, 0.3) is 0 Å². The zero-order valence-electron chi connectivity index (χ0n) is 19.0. The summed E-state index contributed by atoms with van der Waals surface area (Å²) < 4.78 is 27.7. The average Bonchev–Trinajstić information content (AvgIpc) is 3.42. The minimum Gasteiger partial charge on any atom is -0.497 e. The van der Waals surface area contributed by atoms with E-state index in [1.165, 1.54) is 7.11 Å². The van der Waals surface area contributed by atoms with Gasteiger partial charge < -0.3 is 23.4 Å². The number of hydrogen-bond acceptors (Lipinski definition) is 7. The summed E-state index contributed by atoms with van der Waals surface area (Å²) in [5.74, 6) is 0.923. The highest BCUT2D eigenvalue weighted by molar-refractivity contribution is 6.31. The molecule has 0 saturated heterocycles. The summed E-state index contributed by atoms with van der Waals surface area (Å²) in [4.78, 5) is 25.7. The van der Waals surface area contributed by atoms with Crippen molar-refractivity contribution >= 4 is 40.4 Å². The van der Waals surface area contributed by atoms with Crippen molar-refractivity contribution in [2.24, 2.45) is 0 Å². The Labute approximate surface area is 205 Å². The van der Waals surface area contributed by atoms with Crippen LogP contribution in [0.15, 0.2) is 64.8 Å². The van der Waals surface area contributed by atoms with E-state index in [1.54, 1.807) is 74.7 Å². The minimum atomic E-state index is -0.679. The first-order valence-electron chi connectivity index (χ1n) is 10.6. The summed E-state index contributed by atoms with van der Waals surface area (Å²) in [6.07, 6.45) is 1.59. The highest BCUT2D eigenvalue weighted by atomic mass is 35.5. The van der Waals surface area contributed by atoms with Crippen molar-refractivity contribution in [3.63, 3.8) is 0 Å². The highest BCUT2D eigenvalue weighted by Gasteiger charge is 2.31. The van der Waals surface area contributed by atoms with E-state index in [0.29, 0.717) is 49.9 Å². The summed E-state index contributed by atoms with van der Waals surface area (Å²) in [5.41, 5.74) is 2.01. The van der Waals surface area contributed by atoms with Crippen LogP contribution in [-0.4, -0.2) is 26.0 Å². The third kappa shape index (κ3) is 4.11. The number of halogens is 1. The van der Waals surface area contributed by atoms with E-state index in [0.717, 1.165) is 0 Å². The number of benzene rings is 3. The number of hydrogen-bond donors (Lipinski definition) is 0. The molecular weight excluding hydrogens is 472 g/mol. The number of ether oxygens (including phenoxy) is 4. The molecule has 0 N–H and O–H groups in total. The quantitative estimate of drug-likeness (QED) is 0.186. The number of carbonyl (C=O) groups is 2. The Balaban J connectivity index is 1.43. The first-order chi connectivity index (χ1) is 16.9. The first kappa shape index (κ1) is 22.6. The van der Waals surface area contributed by atoms with Gasteiger partial charge in [-0.3, -0.25) is 4.79 Å². The standard InChI is InChI=1S/C27H19ClO7/c1-14-20(35-27(30)24-13-15-10-17(28)4-7-22(15)33-24)9-6-19-25(29)23(34-26(14)19)12-16-11-18(31-2)5-8-21(16)32-3/h4-13H,1-3H3/b23-12-. The number of fused-ring (bicyclic) bond motifs is 2. The summed E-state index contributed by atoms with van der Waals surface area (Å²) in [6, 6.07) is 15.0. The Kier molecular flexibility index (Phi) is 5.70. The Morgan fingerprint density at radius 1 is 0.971 bits per heavy atom. The molecule has 2 heterocycles. The van der Waals surface area contributed by atoms with Gasteiger partial charge in [-0.25, -0.2) is 4.79 Å². The molecule has 35 heavy (non-hydrogen) atoms. The normalized spacial score (nSPS) is 13.6. The molecule has 4 aromatic rings. The van der Waals surface area contributed by atoms with Crippen LogP contribution >= 0.6 is 11.6 Å². The van der Waals surface area contributed by atoms with Gasteiger partial charge in [0.1, 0.15) is 28.6 Å². The number of ketones is 1. The molecule has 0 bridgehead atoms. The van der Waals surface area contributed by atoms with Crippen LogP contribution in [0.25, 0.3) is 17.0 Å². The van der Waals surface area contributed by atoms with Crippen LogP contribution in [0.1, 0.15) is 32.0 Å². The topological polar surface area (TPSA) is 84.2 Å². The van der Waals surface area contributed by atoms with Crippen molar-refractivity contribution in [1.29, 1.82) is 0 Å². The molecule has 1 aliphatic heterocycles. The molecule has 0 aliphatic carbocycles. The molecule has 176 valence electrons. The largest absolute Gasteiger partial charge is 0.497 e. The zero-order chi connectivity index (χ0) is 24.7. The molecule has 5 rings (SSSR count). The van der Waals surface area contributed by atoms with Crippen molar-refractivity contribution in [2.45, 2.75) is 6.92 Å². The Bertz CT molecular complexity index is 1530. The van der Waals surface area contributed by atoms with Gasteiger partial charge in [0.05, 0.1) is 19.8 Å². The third-order valence-corrected chi connectivity index (χ3v) is 5.88. The van der Waals surface area contributed by atoms with E-state index in [1.807, 2.05) is 0 Å². The lowest BCUT2D eigenvalue weighted by molar-refractivity contribution is 0.0702. The van der Waals surface area contributed by atoms with Gasteiger partial charge in [0.2, 0.25) is 11.5 Å². The molecule has 1 aliphatic rings. The third-order valence-electron chi connectivity index (χ3n) is 5.64. The Morgan fingerprint density at radius 3 is 2.54 bits per heavy atom. The van der Waals surface area contributed by atoms with Crippen LogP contribution in [0.4, 0.5) is 0 Å². The second-order valence-electron chi connectivity index (χ2n) is 7.80. The van der Waals surface area contributed by atoms with Crippen LogP contribution in [0.2, 0.25) is 5.02 Å². The second kappa shape index (κ2) is 8.85. The number of methoxy groups -OCH3 is 2.